The van der Waals surface area contributed by atoms with Crippen LogP contribution in [0.3, 0.4) is 0 Å². The standard InChI is InChI=1S/C11H14O2/c1-13-9-5-6-10-8(7-9)3-2-4-11(10)12/h2-4,9,12H,5-7H2,1H3. The van der Waals surface area contributed by atoms with Crippen molar-refractivity contribution < 1.29 is 9.84 Å². The average molecular weight is 178 g/mol. The minimum atomic E-state index is 0.328. The molecule has 0 spiro atoms. The van der Waals surface area contributed by atoms with Crippen molar-refractivity contribution in [2.24, 2.45) is 0 Å². The molecule has 13 heavy (non-hydrogen) atoms. The lowest BCUT2D eigenvalue weighted by molar-refractivity contribution is 0.0908. The molecule has 1 N–H and O–H groups in total. The van der Waals surface area contributed by atoms with Gasteiger partial charge in [0.15, 0.2) is 0 Å². The predicted molar refractivity (Wildman–Crippen MR) is 50.9 cm³/mol. The summed E-state index contributed by atoms with van der Waals surface area (Å²) < 4.78 is 5.31. The summed E-state index contributed by atoms with van der Waals surface area (Å²) in [5.74, 6) is 0.437. The maximum atomic E-state index is 9.57. The van der Waals surface area contributed by atoms with Crippen molar-refractivity contribution >= 4 is 0 Å². The number of aromatic hydroxyl groups is 1. The van der Waals surface area contributed by atoms with Crippen LogP contribution < -0.4 is 0 Å². The van der Waals surface area contributed by atoms with E-state index in [1.54, 1.807) is 13.2 Å². The van der Waals surface area contributed by atoms with Crippen LogP contribution in [0.15, 0.2) is 18.2 Å². The molecule has 1 aromatic rings. The second-order valence-corrected chi connectivity index (χ2v) is 3.52. The van der Waals surface area contributed by atoms with E-state index >= 15 is 0 Å². The maximum Gasteiger partial charge on any atom is 0.119 e. The van der Waals surface area contributed by atoms with Gasteiger partial charge in [-0.1, -0.05) is 12.1 Å². The largest absolute Gasteiger partial charge is 0.508 e. The Morgan fingerprint density at radius 1 is 1.46 bits per heavy atom. The van der Waals surface area contributed by atoms with E-state index in [0.29, 0.717) is 11.9 Å². The molecule has 0 bridgehead atoms. The molecule has 1 unspecified atom stereocenters. The molecule has 1 aliphatic carbocycles. The van der Waals surface area contributed by atoms with Crippen molar-refractivity contribution in [3.63, 3.8) is 0 Å². The Morgan fingerprint density at radius 3 is 3.08 bits per heavy atom. The van der Waals surface area contributed by atoms with Gasteiger partial charge in [-0.05, 0) is 36.5 Å². The van der Waals surface area contributed by atoms with Crippen LogP contribution in [0.2, 0.25) is 0 Å². The number of rotatable bonds is 1. The fourth-order valence-electron chi connectivity index (χ4n) is 1.95. The number of phenolic OH excluding ortho intramolecular Hbond substituents is 1. The van der Waals surface area contributed by atoms with Gasteiger partial charge in [-0.3, -0.25) is 0 Å². The van der Waals surface area contributed by atoms with Gasteiger partial charge in [0.1, 0.15) is 5.75 Å². The number of hydrogen-bond donors (Lipinski definition) is 1. The third-order valence-electron chi connectivity index (χ3n) is 2.75. The van der Waals surface area contributed by atoms with Gasteiger partial charge in [0, 0.05) is 7.11 Å². The topological polar surface area (TPSA) is 29.5 Å². The molecular formula is C11H14O2. The van der Waals surface area contributed by atoms with Crippen molar-refractivity contribution in [1.29, 1.82) is 0 Å². The molecule has 0 aliphatic heterocycles. The molecule has 1 aliphatic rings. The smallest absolute Gasteiger partial charge is 0.119 e. The van der Waals surface area contributed by atoms with E-state index in [0.717, 1.165) is 24.8 Å². The van der Waals surface area contributed by atoms with E-state index in [1.807, 2.05) is 6.07 Å². The van der Waals surface area contributed by atoms with Gasteiger partial charge in [-0.2, -0.15) is 0 Å². The number of methoxy groups -OCH3 is 1. The van der Waals surface area contributed by atoms with Gasteiger partial charge >= 0.3 is 0 Å². The van der Waals surface area contributed by atoms with Crippen molar-refractivity contribution in [2.45, 2.75) is 25.4 Å². The van der Waals surface area contributed by atoms with Gasteiger partial charge < -0.3 is 9.84 Å². The fraction of sp³-hybridized carbons (Fsp3) is 0.455. The summed E-state index contributed by atoms with van der Waals surface area (Å²) in [4.78, 5) is 0. The monoisotopic (exact) mass is 178 g/mol. The normalized spacial score (nSPS) is 21.2. The van der Waals surface area contributed by atoms with E-state index in [-0.39, 0.29) is 0 Å². The average Bonchev–Trinajstić information content (AvgIpc) is 2.18. The molecule has 2 heteroatoms. The Morgan fingerprint density at radius 2 is 2.31 bits per heavy atom. The van der Waals surface area contributed by atoms with E-state index in [9.17, 15) is 5.11 Å². The van der Waals surface area contributed by atoms with Crippen molar-refractivity contribution in [3.05, 3.63) is 29.3 Å². The van der Waals surface area contributed by atoms with Crippen LogP contribution in [0.1, 0.15) is 17.5 Å². The molecule has 2 nitrogen and oxygen atoms in total. The summed E-state index contributed by atoms with van der Waals surface area (Å²) in [5, 5.41) is 9.57. The van der Waals surface area contributed by atoms with E-state index in [2.05, 4.69) is 6.07 Å². The highest BCUT2D eigenvalue weighted by Crippen LogP contribution is 2.29. The van der Waals surface area contributed by atoms with Crippen molar-refractivity contribution in [3.8, 4) is 5.75 Å². The minimum absolute atomic E-state index is 0.328. The third-order valence-corrected chi connectivity index (χ3v) is 2.75. The first-order valence-corrected chi connectivity index (χ1v) is 4.64. The van der Waals surface area contributed by atoms with Crippen molar-refractivity contribution in [1.82, 2.24) is 0 Å². The quantitative estimate of drug-likeness (QED) is 0.711. The minimum Gasteiger partial charge on any atom is -0.508 e. The lowest BCUT2D eigenvalue weighted by Gasteiger charge is -2.23. The third kappa shape index (κ3) is 1.54. The molecule has 0 aromatic heterocycles. The summed E-state index contributed by atoms with van der Waals surface area (Å²) in [6.45, 7) is 0. The van der Waals surface area contributed by atoms with Gasteiger partial charge in [0.2, 0.25) is 0 Å². The number of phenols is 1. The first kappa shape index (κ1) is 8.57. The SMILES string of the molecule is COC1CCc2c(O)cccc2C1. The highest BCUT2D eigenvalue weighted by Gasteiger charge is 2.19. The molecule has 2 rings (SSSR count). The number of benzene rings is 1. The van der Waals surface area contributed by atoms with Crippen LogP contribution in [0.25, 0.3) is 0 Å². The van der Waals surface area contributed by atoms with Gasteiger partial charge in [0.05, 0.1) is 6.10 Å². The van der Waals surface area contributed by atoms with Crippen LogP contribution in [-0.4, -0.2) is 18.3 Å². The van der Waals surface area contributed by atoms with E-state index in [1.165, 1.54) is 5.56 Å². The molecule has 0 fully saturated rings. The van der Waals surface area contributed by atoms with E-state index < -0.39 is 0 Å². The van der Waals surface area contributed by atoms with Crippen LogP contribution >= 0.6 is 0 Å². The summed E-state index contributed by atoms with van der Waals surface area (Å²) in [7, 11) is 1.75. The molecule has 0 saturated carbocycles. The predicted octanol–water partition coefficient (Wildman–Crippen LogP) is 1.90. The first-order valence-electron chi connectivity index (χ1n) is 4.64. The second kappa shape index (κ2) is 3.38. The second-order valence-electron chi connectivity index (χ2n) is 3.52. The summed E-state index contributed by atoms with van der Waals surface area (Å²) in [5.41, 5.74) is 2.34. The molecule has 1 aromatic carbocycles. The Labute approximate surface area is 78.2 Å². The van der Waals surface area contributed by atoms with Crippen LogP contribution in [0, 0.1) is 0 Å². The molecule has 1 atom stereocenters. The Bertz CT molecular complexity index is 307. The Balaban J connectivity index is 2.31. The lowest BCUT2D eigenvalue weighted by atomic mass is 9.89. The summed E-state index contributed by atoms with van der Waals surface area (Å²) in [6, 6.07) is 5.72. The number of hydrogen-bond acceptors (Lipinski definition) is 2. The zero-order chi connectivity index (χ0) is 9.26. The molecule has 70 valence electrons. The molecule has 0 radical (unpaired) electrons. The number of ether oxygens (including phenoxy) is 1. The van der Waals surface area contributed by atoms with Crippen LogP contribution in [0.5, 0.6) is 5.75 Å². The zero-order valence-corrected chi connectivity index (χ0v) is 7.79. The van der Waals surface area contributed by atoms with E-state index in [4.69, 9.17) is 4.74 Å². The molecule has 0 heterocycles. The lowest BCUT2D eigenvalue weighted by Crippen LogP contribution is -2.20. The zero-order valence-electron chi connectivity index (χ0n) is 7.79. The van der Waals surface area contributed by atoms with Gasteiger partial charge in [0.25, 0.3) is 0 Å². The molecule has 0 saturated heterocycles. The summed E-state index contributed by atoms with van der Waals surface area (Å²) in [6.07, 6.45) is 3.20. The van der Waals surface area contributed by atoms with Crippen LogP contribution in [0.4, 0.5) is 0 Å². The van der Waals surface area contributed by atoms with Crippen molar-refractivity contribution in [2.75, 3.05) is 7.11 Å². The summed E-state index contributed by atoms with van der Waals surface area (Å²) >= 11 is 0. The van der Waals surface area contributed by atoms with Crippen LogP contribution in [-0.2, 0) is 17.6 Å². The number of fused-ring (bicyclic) bond motifs is 1. The highest BCUT2D eigenvalue weighted by atomic mass is 16.5. The van der Waals surface area contributed by atoms with Gasteiger partial charge in [-0.25, -0.2) is 0 Å². The highest BCUT2D eigenvalue weighted by molar-refractivity contribution is 5.41. The fourth-order valence-corrected chi connectivity index (χ4v) is 1.95. The first-order chi connectivity index (χ1) is 6.31. The van der Waals surface area contributed by atoms with Gasteiger partial charge in [-0.15, -0.1) is 0 Å². The Hall–Kier alpha value is -1.02. The molecular weight excluding hydrogens is 164 g/mol. The maximum absolute atomic E-state index is 9.57. The molecule has 0 amide bonds. The Kier molecular flexibility index (Phi) is 2.23.